The van der Waals surface area contributed by atoms with Crippen molar-refractivity contribution < 1.29 is 5.11 Å². The smallest absolute Gasteiger partial charge is 0.0799 e. The third kappa shape index (κ3) is 1.44. The lowest BCUT2D eigenvalue weighted by Gasteiger charge is -2.11. The number of aryl methyl sites for hydroxylation is 1. The molecular weight excluding hydrogens is 196 g/mol. The van der Waals surface area contributed by atoms with E-state index in [9.17, 15) is 5.11 Å². The highest BCUT2D eigenvalue weighted by atomic mass is 16.3. The van der Waals surface area contributed by atoms with Crippen LogP contribution in [-0.2, 0) is 6.42 Å². The summed E-state index contributed by atoms with van der Waals surface area (Å²) in [7, 11) is 0. The first kappa shape index (κ1) is 9.61. The maximum Gasteiger partial charge on any atom is 0.0799 e. The molecule has 0 radical (unpaired) electrons. The highest BCUT2D eigenvalue weighted by Gasteiger charge is 2.19. The van der Waals surface area contributed by atoms with Gasteiger partial charge in [-0.3, -0.25) is 0 Å². The van der Waals surface area contributed by atoms with Crippen molar-refractivity contribution in [2.24, 2.45) is 0 Å². The fraction of sp³-hybridized carbons (Fsp3) is 0.200. The Balaban J connectivity index is 2.28. The van der Waals surface area contributed by atoms with Crippen LogP contribution in [0.15, 0.2) is 48.5 Å². The maximum absolute atomic E-state index is 10.1. The van der Waals surface area contributed by atoms with Crippen molar-refractivity contribution in [2.75, 3.05) is 0 Å². The van der Waals surface area contributed by atoms with Gasteiger partial charge in [-0.15, -0.1) is 0 Å². The molecule has 3 rings (SSSR count). The van der Waals surface area contributed by atoms with Crippen LogP contribution in [0.5, 0.6) is 0 Å². The van der Waals surface area contributed by atoms with E-state index in [1.165, 1.54) is 16.7 Å². The molecule has 1 aliphatic carbocycles. The average Bonchev–Trinajstić information content (AvgIpc) is 2.49. The van der Waals surface area contributed by atoms with Gasteiger partial charge in [-0.2, -0.15) is 0 Å². The van der Waals surface area contributed by atoms with Gasteiger partial charge in [-0.05, 0) is 35.1 Å². The summed E-state index contributed by atoms with van der Waals surface area (Å²) < 4.78 is 0. The molecule has 1 unspecified atom stereocenters. The number of rotatable bonds is 0. The summed E-state index contributed by atoms with van der Waals surface area (Å²) >= 11 is 0. The molecule has 1 nitrogen and oxygen atoms in total. The van der Waals surface area contributed by atoms with E-state index in [0.717, 1.165) is 18.4 Å². The molecule has 1 N–H and O–H groups in total. The van der Waals surface area contributed by atoms with Gasteiger partial charge in [0.2, 0.25) is 0 Å². The predicted octanol–water partition coefficient (Wildman–Crippen LogP) is 3.33. The fourth-order valence-electron chi connectivity index (χ4n) is 2.48. The van der Waals surface area contributed by atoms with Gasteiger partial charge in [0.1, 0.15) is 0 Å². The zero-order valence-corrected chi connectivity index (χ0v) is 9.06. The number of aliphatic hydroxyl groups is 1. The van der Waals surface area contributed by atoms with Crippen molar-refractivity contribution in [3.05, 3.63) is 59.7 Å². The van der Waals surface area contributed by atoms with Crippen LogP contribution in [-0.4, -0.2) is 5.11 Å². The predicted molar refractivity (Wildman–Crippen MR) is 65.2 cm³/mol. The van der Waals surface area contributed by atoms with Crippen molar-refractivity contribution in [2.45, 2.75) is 18.9 Å². The normalized spacial score (nSPS) is 18.4. The third-order valence-corrected chi connectivity index (χ3v) is 3.31. The topological polar surface area (TPSA) is 20.2 Å². The molecule has 0 aliphatic heterocycles. The van der Waals surface area contributed by atoms with Crippen LogP contribution >= 0.6 is 0 Å². The van der Waals surface area contributed by atoms with Crippen molar-refractivity contribution in [1.82, 2.24) is 0 Å². The zero-order chi connectivity index (χ0) is 11.0. The summed E-state index contributed by atoms with van der Waals surface area (Å²) in [4.78, 5) is 0. The molecule has 0 bridgehead atoms. The minimum absolute atomic E-state index is 0.330. The minimum atomic E-state index is -0.330. The van der Waals surface area contributed by atoms with Gasteiger partial charge < -0.3 is 5.11 Å². The molecule has 80 valence electrons. The maximum atomic E-state index is 10.1. The second kappa shape index (κ2) is 3.76. The number of benzene rings is 2. The number of aliphatic hydroxyl groups excluding tert-OH is 1. The Bertz CT molecular complexity index is 516. The second-order valence-electron chi connectivity index (χ2n) is 4.30. The van der Waals surface area contributed by atoms with Crippen LogP contribution in [0.1, 0.15) is 23.7 Å². The average molecular weight is 210 g/mol. The Hall–Kier alpha value is -1.60. The Labute approximate surface area is 95.4 Å². The standard InChI is InChI=1S/C15H14O/c16-15-10-9-11-5-1-2-6-12(11)13-7-3-4-8-14(13)15/h1-8,15-16H,9-10H2. The van der Waals surface area contributed by atoms with E-state index < -0.39 is 0 Å². The Morgan fingerprint density at radius 2 is 1.56 bits per heavy atom. The van der Waals surface area contributed by atoms with E-state index in [2.05, 4.69) is 30.3 Å². The van der Waals surface area contributed by atoms with Crippen LogP contribution in [0, 0.1) is 0 Å². The SMILES string of the molecule is OC1CCc2ccccc2-c2ccccc21. The van der Waals surface area contributed by atoms with E-state index in [1.807, 2.05) is 18.2 Å². The second-order valence-corrected chi connectivity index (χ2v) is 4.30. The summed E-state index contributed by atoms with van der Waals surface area (Å²) in [5, 5.41) is 10.1. The van der Waals surface area contributed by atoms with Gasteiger partial charge >= 0.3 is 0 Å². The summed E-state index contributed by atoms with van der Waals surface area (Å²) in [5.41, 5.74) is 4.86. The van der Waals surface area contributed by atoms with Crippen molar-refractivity contribution in [3.8, 4) is 11.1 Å². The molecule has 0 saturated heterocycles. The van der Waals surface area contributed by atoms with E-state index in [4.69, 9.17) is 0 Å². The summed E-state index contributed by atoms with van der Waals surface area (Å²) in [6.45, 7) is 0. The molecule has 1 heteroatoms. The largest absolute Gasteiger partial charge is 0.388 e. The van der Waals surface area contributed by atoms with Crippen LogP contribution in [0.3, 0.4) is 0 Å². The van der Waals surface area contributed by atoms with Crippen LogP contribution in [0.4, 0.5) is 0 Å². The quantitative estimate of drug-likeness (QED) is 0.707. The van der Waals surface area contributed by atoms with Crippen LogP contribution < -0.4 is 0 Å². The molecule has 0 fully saturated rings. The fourth-order valence-corrected chi connectivity index (χ4v) is 2.48. The van der Waals surface area contributed by atoms with Gasteiger partial charge in [0.15, 0.2) is 0 Å². The zero-order valence-electron chi connectivity index (χ0n) is 9.06. The lowest BCUT2D eigenvalue weighted by molar-refractivity contribution is 0.169. The van der Waals surface area contributed by atoms with Gasteiger partial charge in [0.25, 0.3) is 0 Å². The lowest BCUT2D eigenvalue weighted by Crippen LogP contribution is -1.97. The molecule has 2 aromatic carbocycles. The van der Waals surface area contributed by atoms with E-state index in [0.29, 0.717) is 0 Å². The molecule has 2 aromatic rings. The van der Waals surface area contributed by atoms with Gasteiger partial charge in [0.05, 0.1) is 6.10 Å². The van der Waals surface area contributed by atoms with Gasteiger partial charge in [-0.25, -0.2) is 0 Å². The summed E-state index contributed by atoms with van der Waals surface area (Å²) in [6.07, 6.45) is 1.43. The van der Waals surface area contributed by atoms with Gasteiger partial charge in [0, 0.05) is 0 Å². The molecule has 1 atom stereocenters. The van der Waals surface area contributed by atoms with Gasteiger partial charge in [-0.1, -0.05) is 48.5 Å². The minimum Gasteiger partial charge on any atom is -0.388 e. The van der Waals surface area contributed by atoms with E-state index in [-0.39, 0.29) is 6.10 Å². The molecule has 0 amide bonds. The molecule has 0 aromatic heterocycles. The third-order valence-electron chi connectivity index (χ3n) is 3.31. The van der Waals surface area contributed by atoms with Crippen molar-refractivity contribution >= 4 is 0 Å². The van der Waals surface area contributed by atoms with Crippen molar-refractivity contribution in [1.29, 1.82) is 0 Å². The highest BCUT2D eigenvalue weighted by Crippen LogP contribution is 2.36. The molecule has 0 heterocycles. The lowest BCUT2D eigenvalue weighted by atomic mass is 9.96. The summed E-state index contributed by atoms with van der Waals surface area (Å²) in [5.74, 6) is 0. The van der Waals surface area contributed by atoms with Crippen molar-refractivity contribution in [3.63, 3.8) is 0 Å². The first-order valence-corrected chi connectivity index (χ1v) is 5.71. The Morgan fingerprint density at radius 3 is 2.44 bits per heavy atom. The Kier molecular flexibility index (Phi) is 2.26. The number of fused-ring (bicyclic) bond motifs is 3. The van der Waals surface area contributed by atoms with E-state index in [1.54, 1.807) is 0 Å². The first-order chi connectivity index (χ1) is 7.86. The van der Waals surface area contributed by atoms with Crippen LogP contribution in [0.25, 0.3) is 11.1 Å². The van der Waals surface area contributed by atoms with Crippen LogP contribution in [0.2, 0.25) is 0 Å². The van der Waals surface area contributed by atoms with E-state index >= 15 is 0 Å². The monoisotopic (exact) mass is 210 g/mol. The molecular formula is C15H14O. The molecule has 16 heavy (non-hydrogen) atoms. The summed E-state index contributed by atoms with van der Waals surface area (Å²) in [6, 6.07) is 16.6. The highest BCUT2D eigenvalue weighted by molar-refractivity contribution is 5.72. The number of hydrogen-bond donors (Lipinski definition) is 1. The molecule has 0 saturated carbocycles. The number of hydrogen-bond acceptors (Lipinski definition) is 1. The molecule has 0 spiro atoms. The Morgan fingerprint density at radius 1 is 0.875 bits per heavy atom. The first-order valence-electron chi connectivity index (χ1n) is 5.71. The molecule has 1 aliphatic rings.